The minimum absolute atomic E-state index is 0.167. The number of nitrogens with zero attached hydrogens (tertiary/aromatic N) is 1. The Hall–Kier alpha value is -2.36. The van der Waals surface area contributed by atoms with Gasteiger partial charge in [0.1, 0.15) is 5.84 Å². The highest BCUT2D eigenvalue weighted by atomic mass is 35.5. The number of fused-ring (bicyclic) bond motifs is 2. The zero-order valence-corrected chi connectivity index (χ0v) is 12.4. The maximum Gasteiger partial charge on any atom is 0.174 e. The molecular weight excluding hydrogens is 296 g/mol. The van der Waals surface area contributed by atoms with E-state index in [9.17, 15) is 5.11 Å². The summed E-state index contributed by atoms with van der Waals surface area (Å²) in [6, 6.07) is 19.0. The quantitative estimate of drug-likeness (QED) is 0.719. The van der Waals surface area contributed by atoms with Gasteiger partial charge < -0.3 is 10.8 Å². The van der Waals surface area contributed by atoms with Crippen LogP contribution >= 0.6 is 11.6 Å². The Morgan fingerprint density at radius 2 is 1.73 bits per heavy atom. The first-order chi connectivity index (χ1) is 10.6. The second-order valence-corrected chi connectivity index (χ2v) is 5.87. The molecule has 1 aliphatic heterocycles. The summed E-state index contributed by atoms with van der Waals surface area (Å²) in [5.74, 6) is 0.167. The van der Waals surface area contributed by atoms with Crippen molar-refractivity contribution in [2.24, 2.45) is 10.7 Å². The summed E-state index contributed by atoms with van der Waals surface area (Å²) < 4.78 is 0. The van der Waals surface area contributed by atoms with Crippen LogP contribution in [-0.4, -0.2) is 10.9 Å². The number of nitrogens with two attached hydrogens (primary N) is 1. The van der Waals surface area contributed by atoms with E-state index < -0.39 is 5.60 Å². The maximum absolute atomic E-state index is 11.3. The first kappa shape index (κ1) is 13.3. The lowest BCUT2D eigenvalue weighted by molar-refractivity contribution is 0.159. The molecule has 0 spiro atoms. The lowest BCUT2D eigenvalue weighted by Crippen LogP contribution is -2.39. The van der Waals surface area contributed by atoms with Crippen LogP contribution in [0.3, 0.4) is 0 Å². The van der Waals surface area contributed by atoms with Gasteiger partial charge in [-0.25, -0.2) is 4.99 Å². The summed E-state index contributed by atoms with van der Waals surface area (Å²) in [5.41, 5.74) is 6.56. The molecule has 3 aromatic carbocycles. The molecule has 0 aromatic heterocycles. The molecule has 3 nitrogen and oxygen atoms in total. The van der Waals surface area contributed by atoms with Gasteiger partial charge in [-0.3, -0.25) is 0 Å². The SMILES string of the molecule is NC1=Nc2ccc(Cl)cc2C1(O)c1ccc2ccccc2c1. The molecular formula is C18H13ClN2O. The van der Waals surface area contributed by atoms with Gasteiger partial charge in [0.05, 0.1) is 5.69 Å². The van der Waals surface area contributed by atoms with Crippen molar-refractivity contribution < 1.29 is 5.11 Å². The Morgan fingerprint density at radius 1 is 0.955 bits per heavy atom. The summed E-state index contributed by atoms with van der Waals surface area (Å²) in [4.78, 5) is 4.29. The van der Waals surface area contributed by atoms with Gasteiger partial charge in [-0.05, 0) is 40.6 Å². The Balaban J connectivity index is 1.97. The van der Waals surface area contributed by atoms with Crippen LogP contribution in [0.4, 0.5) is 5.69 Å². The predicted molar refractivity (Wildman–Crippen MR) is 89.7 cm³/mol. The van der Waals surface area contributed by atoms with Gasteiger partial charge in [-0.15, -0.1) is 0 Å². The van der Waals surface area contributed by atoms with Gasteiger partial charge in [-0.1, -0.05) is 48.0 Å². The van der Waals surface area contributed by atoms with Gasteiger partial charge in [0.25, 0.3) is 0 Å². The molecule has 1 heterocycles. The number of rotatable bonds is 1. The van der Waals surface area contributed by atoms with Crippen LogP contribution in [-0.2, 0) is 5.60 Å². The third-order valence-electron chi connectivity index (χ3n) is 4.13. The van der Waals surface area contributed by atoms with E-state index in [1.807, 2.05) is 42.5 Å². The number of benzene rings is 3. The topological polar surface area (TPSA) is 58.6 Å². The van der Waals surface area contributed by atoms with Crippen molar-refractivity contribution in [3.05, 3.63) is 76.8 Å². The summed E-state index contributed by atoms with van der Waals surface area (Å²) in [5, 5.41) is 13.9. The Bertz CT molecular complexity index is 935. The Morgan fingerprint density at radius 3 is 2.55 bits per heavy atom. The molecule has 0 bridgehead atoms. The van der Waals surface area contributed by atoms with E-state index in [0.717, 1.165) is 10.8 Å². The van der Waals surface area contributed by atoms with Gasteiger partial charge >= 0.3 is 0 Å². The first-order valence-corrected chi connectivity index (χ1v) is 7.33. The van der Waals surface area contributed by atoms with Gasteiger partial charge in [0.15, 0.2) is 5.60 Å². The molecule has 1 atom stereocenters. The first-order valence-electron chi connectivity index (χ1n) is 6.95. The van der Waals surface area contributed by atoms with Crippen LogP contribution in [0.25, 0.3) is 10.8 Å². The fourth-order valence-corrected chi connectivity index (χ4v) is 3.13. The lowest BCUT2D eigenvalue weighted by Gasteiger charge is -2.25. The molecule has 0 radical (unpaired) electrons. The molecule has 0 amide bonds. The van der Waals surface area contributed by atoms with E-state index in [2.05, 4.69) is 4.99 Å². The van der Waals surface area contributed by atoms with Crippen molar-refractivity contribution in [3.8, 4) is 0 Å². The van der Waals surface area contributed by atoms with Crippen molar-refractivity contribution in [3.63, 3.8) is 0 Å². The van der Waals surface area contributed by atoms with Crippen LogP contribution in [0.1, 0.15) is 11.1 Å². The van der Waals surface area contributed by atoms with Crippen molar-refractivity contribution in [2.75, 3.05) is 0 Å². The van der Waals surface area contributed by atoms with E-state index in [1.165, 1.54) is 0 Å². The highest BCUT2D eigenvalue weighted by Crippen LogP contribution is 2.43. The Labute approximate surface area is 132 Å². The fourth-order valence-electron chi connectivity index (χ4n) is 2.96. The maximum atomic E-state index is 11.3. The third-order valence-corrected chi connectivity index (χ3v) is 4.36. The van der Waals surface area contributed by atoms with Crippen LogP contribution in [0.5, 0.6) is 0 Å². The highest BCUT2D eigenvalue weighted by molar-refractivity contribution is 6.30. The van der Waals surface area contributed by atoms with Crippen molar-refractivity contribution in [2.45, 2.75) is 5.60 Å². The van der Waals surface area contributed by atoms with Gasteiger partial charge in [0, 0.05) is 10.6 Å². The van der Waals surface area contributed by atoms with E-state index in [-0.39, 0.29) is 5.84 Å². The zero-order valence-electron chi connectivity index (χ0n) is 11.6. The minimum atomic E-state index is -1.44. The molecule has 4 rings (SSSR count). The predicted octanol–water partition coefficient (Wildman–Crippen LogP) is 3.73. The molecule has 1 unspecified atom stereocenters. The van der Waals surface area contributed by atoms with Gasteiger partial charge in [-0.2, -0.15) is 0 Å². The summed E-state index contributed by atoms with van der Waals surface area (Å²) in [6.07, 6.45) is 0. The molecule has 0 aliphatic carbocycles. The fraction of sp³-hybridized carbons (Fsp3) is 0.0556. The van der Waals surface area contributed by atoms with Crippen molar-refractivity contribution in [1.29, 1.82) is 0 Å². The molecule has 108 valence electrons. The highest BCUT2D eigenvalue weighted by Gasteiger charge is 2.42. The number of aliphatic hydroxyl groups is 1. The number of hydrogen-bond acceptors (Lipinski definition) is 3. The van der Waals surface area contributed by atoms with E-state index in [4.69, 9.17) is 17.3 Å². The number of aliphatic imine (C=N–C) groups is 1. The summed E-state index contributed by atoms with van der Waals surface area (Å²) >= 11 is 6.08. The Kier molecular flexibility index (Phi) is 2.76. The largest absolute Gasteiger partial charge is 0.384 e. The van der Waals surface area contributed by atoms with Gasteiger partial charge in [0.2, 0.25) is 0 Å². The molecule has 4 heteroatoms. The molecule has 0 fully saturated rings. The van der Waals surface area contributed by atoms with E-state index in [1.54, 1.807) is 18.2 Å². The third kappa shape index (κ3) is 1.76. The molecule has 3 aromatic rings. The number of amidine groups is 1. The number of halogens is 1. The normalized spacial score (nSPS) is 20.0. The summed E-state index contributed by atoms with van der Waals surface area (Å²) in [7, 11) is 0. The van der Waals surface area contributed by atoms with Crippen LogP contribution < -0.4 is 5.73 Å². The van der Waals surface area contributed by atoms with Crippen LogP contribution in [0.2, 0.25) is 5.02 Å². The average Bonchev–Trinajstić information content (AvgIpc) is 2.79. The summed E-state index contributed by atoms with van der Waals surface area (Å²) in [6.45, 7) is 0. The monoisotopic (exact) mass is 308 g/mol. The average molecular weight is 309 g/mol. The standard InChI is InChI=1S/C18H13ClN2O/c19-14-7-8-16-15(10-14)18(22,17(20)21-16)13-6-5-11-3-1-2-4-12(11)9-13/h1-10,22H,(H2,20,21). The lowest BCUT2D eigenvalue weighted by atomic mass is 9.85. The van der Waals surface area contributed by atoms with Crippen LogP contribution in [0, 0.1) is 0 Å². The second-order valence-electron chi connectivity index (χ2n) is 5.43. The van der Waals surface area contributed by atoms with E-state index >= 15 is 0 Å². The van der Waals surface area contributed by atoms with Crippen molar-refractivity contribution >= 4 is 33.9 Å². The second kappa shape index (κ2) is 4.57. The minimum Gasteiger partial charge on any atom is -0.384 e. The number of hydrogen-bond donors (Lipinski definition) is 2. The molecule has 0 saturated carbocycles. The zero-order chi connectivity index (χ0) is 15.3. The smallest absolute Gasteiger partial charge is 0.174 e. The van der Waals surface area contributed by atoms with Crippen molar-refractivity contribution in [1.82, 2.24) is 0 Å². The van der Waals surface area contributed by atoms with E-state index in [0.29, 0.717) is 21.8 Å². The molecule has 1 aliphatic rings. The molecule has 3 N–H and O–H groups in total. The van der Waals surface area contributed by atoms with Crippen LogP contribution in [0.15, 0.2) is 65.7 Å². The molecule has 0 saturated heterocycles. The molecule has 22 heavy (non-hydrogen) atoms.